The third-order valence-corrected chi connectivity index (χ3v) is 4.96. The molecule has 1 heterocycles. The van der Waals surface area contributed by atoms with Crippen LogP contribution in [0.3, 0.4) is 0 Å². The van der Waals surface area contributed by atoms with Gasteiger partial charge in [0.2, 0.25) is 5.91 Å². The van der Waals surface area contributed by atoms with Gasteiger partial charge in [0.1, 0.15) is 6.17 Å². The van der Waals surface area contributed by atoms with Crippen LogP contribution in [0.1, 0.15) is 62.7 Å². The van der Waals surface area contributed by atoms with Gasteiger partial charge in [-0.05, 0) is 31.7 Å². The Labute approximate surface area is 127 Å². The molecule has 1 atom stereocenters. The van der Waals surface area contributed by atoms with E-state index in [0.29, 0.717) is 5.91 Å². The van der Waals surface area contributed by atoms with E-state index in [9.17, 15) is 4.79 Å². The topological polar surface area (TPSA) is 32.3 Å². The summed E-state index contributed by atoms with van der Waals surface area (Å²) in [7, 11) is 0. The van der Waals surface area contributed by atoms with E-state index < -0.39 is 0 Å². The number of benzene rings is 1. The lowest BCUT2D eigenvalue weighted by atomic mass is 9.98. The molecular weight excluding hydrogens is 260 g/mol. The smallest absolute Gasteiger partial charge is 0.244 e. The predicted octanol–water partition coefficient (Wildman–Crippen LogP) is 3.54. The summed E-state index contributed by atoms with van der Waals surface area (Å²) < 4.78 is 0. The zero-order valence-electron chi connectivity index (χ0n) is 13.2. The van der Waals surface area contributed by atoms with Gasteiger partial charge in [0.25, 0.3) is 0 Å². The number of rotatable bonds is 4. The Kier molecular flexibility index (Phi) is 4.03. The summed E-state index contributed by atoms with van der Waals surface area (Å²) in [6, 6.07) is 8.55. The van der Waals surface area contributed by atoms with Crippen LogP contribution in [0.4, 0.5) is 0 Å². The van der Waals surface area contributed by atoms with Crippen LogP contribution < -0.4 is 5.32 Å². The lowest BCUT2D eigenvalue weighted by Gasteiger charge is -2.24. The first-order chi connectivity index (χ1) is 10.2. The molecule has 3 rings (SSSR count). The van der Waals surface area contributed by atoms with Crippen molar-refractivity contribution in [2.24, 2.45) is 0 Å². The Bertz CT molecular complexity index is 520. The molecule has 1 saturated heterocycles. The highest BCUT2D eigenvalue weighted by atomic mass is 16.2. The minimum atomic E-state index is -0.276. The Hall–Kier alpha value is -1.35. The van der Waals surface area contributed by atoms with Gasteiger partial charge in [0.05, 0.1) is 5.54 Å². The SMILES string of the molecule is CCCCN1C(=O)C2(CCCC2)NC1c1cccc(C)c1. The average molecular weight is 286 g/mol. The quantitative estimate of drug-likeness (QED) is 0.918. The third kappa shape index (κ3) is 2.59. The monoisotopic (exact) mass is 286 g/mol. The van der Waals surface area contributed by atoms with E-state index in [-0.39, 0.29) is 11.7 Å². The molecule has 1 saturated carbocycles. The highest BCUT2D eigenvalue weighted by Gasteiger charge is 2.52. The molecule has 1 aliphatic carbocycles. The Morgan fingerprint density at radius 3 is 2.76 bits per heavy atom. The molecule has 1 spiro atoms. The van der Waals surface area contributed by atoms with Crippen molar-refractivity contribution in [2.45, 2.75) is 64.1 Å². The molecule has 0 aromatic heterocycles. The standard InChI is InChI=1S/C18H26N2O/c1-3-4-12-20-16(15-9-7-8-14(2)13-15)19-18(17(20)21)10-5-6-11-18/h7-9,13,16,19H,3-6,10-12H2,1-2H3. The van der Waals surface area contributed by atoms with Crippen LogP contribution in [0.25, 0.3) is 0 Å². The lowest BCUT2D eigenvalue weighted by molar-refractivity contribution is -0.133. The van der Waals surface area contributed by atoms with Crippen LogP contribution in [0.5, 0.6) is 0 Å². The number of hydrogen-bond donors (Lipinski definition) is 1. The van der Waals surface area contributed by atoms with Crippen molar-refractivity contribution in [1.82, 2.24) is 10.2 Å². The number of aryl methyl sites for hydroxylation is 1. The molecule has 1 N–H and O–H groups in total. The largest absolute Gasteiger partial charge is 0.321 e. The maximum atomic E-state index is 13.0. The molecule has 3 nitrogen and oxygen atoms in total. The lowest BCUT2D eigenvalue weighted by Crippen LogP contribution is -2.44. The Morgan fingerprint density at radius 1 is 1.33 bits per heavy atom. The fourth-order valence-corrected chi connectivity index (χ4v) is 3.79. The van der Waals surface area contributed by atoms with E-state index >= 15 is 0 Å². The van der Waals surface area contributed by atoms with Gasteiger partial charge in [-0.3, -0.25) is 10.1 Å². The van der Waals surface area contributed by atoms with Crippen molar-refractivity contribution >= 4 is 5.91 Å². The summed E-state index contributed by atoms with van der Waals surface area (Å²) in [5.74, 6) is 0.333. The van der Waals surface area contributed by atoms with Crippen LogP contribution in [0.15, 0.2) is 24.3 Å². The molecule has 114 valence electrons. The van der Waals surface area contributed by atoms with Crippen LogP contribution in [-0.2, 0) is 4.79 Å². The normalized spacial score (nSPS) is 24.2. The summed E-state index contributed by atoms with van der Waals surface area (Å²) in [5, 5.41) is 3.69. The highest BCUT2D eigenvalue weighted by Crippen LogP contribution is 2.41. The van der Waals surface area contributed by atoms with Crippen molar-refractivity contribution < 1.29 is 4.79 Å². The van der Waals surface area contributed by atoms with Gasteiger partial charge < -0.3 is 4.90 Å². The second-order valence-electron chi connectivity index (χ2n) is 6.60. The molecule has 1 amide bonds. The number of nitrogens with one attached hydrogen (secondary N) is 1. The molecule has 21 heavy (non-hydrogen) atoms. The highest BCUT2D eigenvalue weighted by molar-refractivity contribution is 5.89. The first-order valence-electron chi connectivity index (χ1n) is 8.32. The minimum Gasteiger partial charge on any atom is -0.321 e. The van der Waals surface area contributed by atoms with Gasteiger partial charge in [-0.25, -0.2) is 0 Å². The maximum absolute atomic E-state index is 13.0. The van der Waals surface area contributed by atoms with Gasteiger partial charge in [-0.1, -0.05) is 56.0 Å². The fraction of sp³-hybridized carbons (Fsp3) is 0.611. The molecular formula is C18H26N2O. The zero-order valence-corrected chi connectivity index (χ0v) is 13.2. The third-order valence-electron chi connectivity index (χ3n) is 4.96. The number of hydrogen-bond acceptors (Lipinski definition) is 2. The van der Waals surface area contributed by atoms with Crippen molar-refractivity contribution in [3.05, 3.63) is 35.4 Å². The van der Waals surface area contributed by atoms with Gasteiger partial charge in [-0.2, -0.15) is 0 Å². The predicted molar refractivity (Wildman–Crippen MR) is 84.9 cm³/mol. The number of nitrogens with zero attached hydrogens (tertiary/aromatic N) is 1. The summed E-state index contributed by atoms with van der Waals surface area (Å²) in [5.41, 5.74) is 2.20. The Morgan fingerprint density at radius 2 is 2.10 bits per heavy atom. The number of carbonyl (C=O) groups is 1. The number of unbranched alkanes of at least 4 members (excludes halogenated alkanes) is 1. The molecule has 3 heteroatoms. The van der Waals surface area contributed by atoms with Gasteiger partial charge >= 0.3 is 0 Å². The molecule has 0 bridgehead atoms. The van der Waals surface area contributed by atoms with E-state index in [4.69, 9.17) is 0 Å². The molecule has 0 radical (unpaired) electrons. The maximum Gasteiger partial charge on any atom is 0.244 e. The number of amides is 1. The molecule has 2 fully saturated rings. The summed E-state index contributed by atoms with van der Waals surface area (Å²) in [6.45, 7) is 5.16. The van der Waals surface area contributed by atoms with E-state index in [2.05, 4.69) is 48.3 Å². The van der Waals surface area contributed by atoms with Gasteiger partial charge in [-0.15, -0.1) is 0 Å². The Balaban J connectivity index is 1.91. The molecule has 1 aliphatic heterocycles. The van der Waals surface area contributed by atoms with E-state index in [1.54, 1.807) is 0 Å². The van der Waals surface area contributed by atoms with E-state index in [1.807, 2.05) is 0 Å². The molecule has 1 unspecified atom stereocenters. The van der Waals surface area contributed by atoms with Crippen LogP contribution >= 0.6 is 0 Å². The fourth-order valence-electron chi connectivity index (χ4n) is 3.79. The van der Waals surface area contributed by atoms with Crippen molar-refractivity contribution in [3.8, 4) is 0 Å². The average Bonchev–Trinajstić information content (AvgIpc) is 3.05. The van der Waals surface area contributed by atoms with Crippen molar-refractivity contribution in [2.75, 3.05) is 6.54 Å². The molecule has 1 aromatic carbocycles. The zero-order chi connectivity index (χ0) is 14.9. The van der Waals surface area contributed by atoms with Gasteiger partial charge in [0.15, 0.2) is 0 Å². The number of carbonyl (C=O) groups excluding carboxylic acids is 1. The summed E-state index contributed by atoms with van der Waals surface area (Å²) in [6.07, 6.45) is 6.58. The first-order valence-corrected chi connectivity index (χ1v) is 8.32. The van der Waals surface area contributed by atoms with Crippen LogP contribution in [0.2, 0.25) is 0 Å². The second-order valence-corrected chi connectivity index (χ2v) is 6.60. The van der Waals surface area contributed by atoms with E-state index in [0.717, 1.165) is 32.2 Å². The van der Waals surface area contributed by atoms with Gasteiger partial charge in [0, 0.05) is 6.54 Å². The summed E-state index contributed by atoms with van der Waals surface area (Å²) in [4.78, 5) is 15.1. The van der Waals surface area contributed by atoms with E-state index in [1.165, 1.54) is 24.0 Å². The van der Waals surface area contributed by atoms with Crippen LogP contribution in [0, 0.1) is 6.92 Å². The molecule has 2 aliphatic rings. The second kappa shape index (κ2) is 5.80. The summed E-state index contributed by atoms with van der Waals surface area (Å²) >= 11 is 0. The molecule has 1 aromatic rings. The first kappa shape index (κ1) is 14.6. The van der Waals surface area contributed by atoms with Crippen molar-refractivity contribution in [1.29, 1.82) is 0 Å². The van der Waals surface area contributed by atoms with Crippen molar-refractivity contribution in [3.63, 3.8) is 0 Å². The minimum absolute atomic E-state index is 0.0575. The van der Waals surface area contributed by atoms with Crippen LogP contribution in [-0.4, -0.2) is 22.9 Å².